The Labute approximate surface area is 163 Å². The molecule has 0 aliphatic carbocycles. The number of hydrogen-bond acceptors (Lipinski definition) is 8. The fourth-order valence-corrected chi connectivity index (χ4v) is 5.04. The number of fused-ring (bicyclic) bond motifs is 1. The van der Waals surface area contributed by atoms with Crippen LogP contribution in [0.25, 0.3) is 11.2 Å². The lowest BCUT2D eigenvalue weighted by Crippen LogP contribution is -2.50. The number of rotatable bonds is 8. The molecule has 0 atom stereocenters. The fraction of sp³-hybridized carbons (Fsp3) is 0.625. The van der Waals surface area contributed by atoms with E-state index in [1.165, 1.54) is 6.20 Å². The molecular weight excluding hydrogens is 388 g/mol. The molecule has 11 heteroatoms. The Morgan fingerprint density at radius 2 is 2.04 bits per heavy atom. The van der Waals surface area contributed by atoms with Gasteiger partial charge in [-0.1, -0.05) is 13.3 Å². The minimum atomic E-state index is -3.13. The van der Waals surface area contributed by atoms with E-state index in [1.807, 2.05) is 6.92 Å². The third-order valence-electron chi connectivity index (χ3n) is 4.57. The van der Waals surface area contributed by atoms with Crippen molar-refractivity contribution >= 4 is 38.8 Å². The normalized spacial score (nSPS) is 16.6. The number of carbonyl (C=O) groups excluding carboxylic acids is 1. The van der Waals surface area contributed by atoms with Gasteiger partial charge in [0.15, 0.2) is 5.65 Å². The van der Waals surface area contributed by atoms with Gasteiger partial charge in [0.2, 0.25) is 10.0 Å². The van der Waals surface area contributed by atoms with E-state index < -0.39 is 10.0 Å². The fourth-order valence-electron chi connectivity index (χ4n) is 2.93. The maximum Gasteiger partial charge on any atom is 0.252 e. The number of pyridine rings is 1. The second-order valence-corrected chi connectivity index (χ2v) is 9.11. The highest BCUT2D eigenvalue weighted by Crippen LogP contribution is 2.11. The van der Waals surface area contributed by atoms with Gasteiger partial charge in [-0.15, -0.1) is 0 Å². The van der Waals surface area contributed by atoms with Crippen molar-refractivity contribution < 1.29 is 13.2 Å². The molecule has 9 nitrogen and oxygen atoms in total. The van der Waals surface area contributed by atoms with Crippen molar-refractivity contribution in [3.05, 3.63) is 17.8 Å². The van der Waals surface area contributed by atoms with Gasteiger partial charge < -0.3 is 5.32 Å². The van der Waals surface area contributed by atoms with Crippen molar-refractivity contribution in [1.29, 1.82) is 0 Å². The molecule has 1 amide bonds. The van der Waals surface area contributed by atoms with Crippen molar-refractivity contribution in [2.45, 2.75) is 19.8 Å². The van der Waals surface area contributed by atoms with Crippen LogP contribution in [0.1, 0.15) is 30.1 Å². The molecule has 2 aromatic heterocycles. The zero-order chi connectivity index (χ0) is 19.3. The average Bonchev–Trinajstić information content (AvgIpc) is 3.14. The molecule has 148 valence electrons. The lowest BCUT2D eigenvalue weighted by molar-refractivity contribution is 0.0945. The topological polar surface area (TPSA) is 108 Å². The largest absolute Gasteiger partial charge is 0.351 e. The molecule has 1 saturated heterocycles. The van der Waals surface area contributed by atoms with Crippen LogP contribution in [-0.4, -0.2) is 82.3 Å². The first kappa shape index (κ1) is 20.1. The van der Waals surface area contributed by atoms with Crippen LogP contribution in [0.5, 0.6) is 0 Å². The van der Waals surface area contributed by atoms with Crippen LogP contribution in [0.2, 0.25) is 0 Å². The predicted octanol–water partition coefficient (Wildman–Crippen LogP) is 0.564. The minimum absolute atomic E-state index is 0.196. The Bertz CT molecular complexity index is 877. The minimum Gasteiger partial charge on any atom is -0.351 e. The number of nitrogens with one attached hydrogen (secondary N) is 1. The summed E-state index contributed by atoms with van der Waals surface area (Å²) in [7, 11) is -3.13. The zero-order valence-electron chi connectivity index (χ0n) is 15.3. The number of piperazine rings is 1. The van der Waals surface area contributed by atoms with Gasteiger partial charge >= 0.3 is 0 Å². The zero-order valence-corrected chi connectivity index (χ0v) is 16.9. The summed E-state index contributed by atoms with van der Waals surface area (Å²) in [5.41, 5.74) is 1.62. The third-order valence-corrected chi connectivity index (χ3v) is 7.06. The van der Waals surface area contributed by atoms with Crippen LogP contribution in [0, 0.1) is 0 Å². The second kappa shape index (κ2) is 9.00. The van der Waals surface area contributed by atoms with Gasteiger partial charge in [0.25, 0.3) is 5.91 Å². The summed E-state index contributed by atoms with van der Waals surface area (Å²) in [6.45, 7) is 5.55. The van der Waals surface area contributed by atoms with Crippen molar-refractivity contribution in [2.24, 2.45) is 0 Å². The number of nitrogens with zero attached hydrogens (tertiary/aromatic N) is 5. The summed E-state index contributed by atoms with van der Waals surface area (Å²) >= 11 is 1.07. The highest BCUT2D eigenvalue weighted by molar-refractivity contribution is 7.89. The first-order chi connectivity index (χ1) is 13.0. The summed E-state index contributed by atoms with van der Waals surface area (Å²) in [5, 5.41) is 2.88. The van der Waals surface area contributed by atoms with E-state index in [-0.39, 0.29) is 11.7 Å². The molecule has 27 heavy (non-hydrogen) atoms. The highest BCUT2D eigenvalue weighted by Gasteiger charge is 2.26. The molecule has 1 aliphatic rings. The highest BCUT2D eigenvalue weighted by atomic mass is 32.2. The predicted molar refractivity (Wildman–Crippen MR) is 104 cm³/mol. The van der Waals surface area contributed by atoms with Crippen LogP contribution in [0.3, 0.4) is 0 Å². The molecule has 0 saturated carbocycles. The van der Waals surface area contributed by atoms with E-state index in [0.29, 0.717) is 62.4 Å². The second-order valence-electron chi connectivity index (χ2n) is 6.50. The summed E-state index contributed by atoms with van der Waals surface area (Å²) in [4.78, 5) is 18.5. The summed E-state index contributed by atoms with van der Waals surface area (Å²) in [6, 6.07) is 1.68. The quantitative estimate of drug-likeness (QED) is 0.675. The van der Waals surface area contributed by atoms with Crippen LogP contribution in [-0.2, 0) is 10.0 Å². The Kier molecular flexibility index (Phi) is 6.68. The van der Waals surface area contributed by atoms with Gasteiger partial charge in [0.05, 0.1) is 23.0 Å². The standard InChI is InChI=1S/C16H24N6O3S2/c1-2-3-10-27(24,25)22-8-6-21(7-9-22)5-4-17-16(23)13-11-14-15(18-12-13)20-26-19-14/h11-12H,2-10H2,1H3,(H,17,23). The average molecular weight is 413 g/mol. The van der Waals surface area contributed by atoms with E-state index in [2.05, 4.69) is 23.9 Å². The van der Waals surface area contributed by atoms with E-state index in [4.69, 9.17) is 0 Å². The molecule has 2 aromatic rings. The van der Waals surface area contributed by atoms with Crippen LogP contribution in [0.4, 0.5) is 0 Å². The van der Waals surface area contributed by atoms with Gasteiger partial charge in [-0.2, -0.15) is 13.1 Å². The molecule has 0 radical (unpaired) electrons. The smallest absolute Gasteiger partial charge is 0.252 e. The molecule has 3 rings (SSSR count). The SMILES string of the molecule is CCCCS(=O)(=O)N1CCN(CCNC(=O)c2cnc3nsnc3c2)CC1. The summed E-state index contributed by atoms with van der Waals surface area (Å²) < 4.78 is 34.1. The van der Waals surface area contributed by atoms with Crippen molar-refractivity contribution in [2.75, 3.05) is 45.0 Å². The monoisotopic (exact) mass is 412 g/mol. The number of aromatic nitrogens is 3. The Morgan fingerprint density at radius 3 is 2.78 bits per heavy atom. The maximum atomic E-state index is 12.2. The van der Waals surface area contributed by atoms with E-state index in [0.717, 1.165) is 18.1 Å². The van der Waals surface area contributed by atoms with Crippen LogP contribution in [0.15, 0.2) is 12.3 Å². The van der Waals surface area contributed by atoms with Crippen molar-refractivity contribution in [1.82, 2.24) is 28.3 Å². The number of sulfonamides is 1. The van der Waals surface area contributed by atoms with Crippen molar-refractivity contribution in [3.63, 3.8) is 0 Å². The lowest BCUT2D eigenvalue weighted by atomic mass is 10.2. The van der Waals surface area contributed by atoms with Crippen LogP contribution >= 0.6 is 11.7 Å². The third kappa shape index (κ3) is 5.18. The molecule has 0 bridgehead atoms. The summed E-state index contributed by atoms with van der Waals surface area (Å²) in [6.07, 6.45) is 3.07. The first-order valence-electron chi connectivity index (χ1n) is 9.06. The number of amides is 1. The molecule has 1 N–H and O–H groups in total. The van der Waals surface area contributed by atoms with Gasteiger partial charge in [0.1, 0.15) is 5.52 Å². The molecule has 0 unspecified atom stereocenters. The number of carbonyl (C=O) groups is 1. The first-order valence-corrected chi connectivity index (χ1v) is 11.4. The number of unbranched alkanes of at least 4 members (excludes halogenated alkanes) is 1. The maximum absolute atomic E-state index is 12.2. The molecule has 0 spiro atoms. The van der Waals surface area contributed by atoms with Gasteiger partial charge in [-0.3, -0.25) is 9.69 Å². The Hall–Kier alpha value is -1.69. The molecule has 1 fully saturated rings. The van der Waals surface area contributed by atoms with Gasteiger partial charge in [-0.25, -0.2) is 13.4 Å². The molecule has 0 aromatic carbocycles. The molecular formula is C16H24N6O3S2. The number of hydrogen-bond donors (Lipinski definition) is 1. The van der Waals surface area contributed by atoms with Crippen molar-refractivity contribution in [3.8, 4) is 0 Å². The summed E-state index contributed by atoms with van der Waals surface area (Å²) in [5.74, 6) is 0.0325. The molecule has 1 aliphatic heterocycles. The Morgan fingerprint density at radius 1 is 1.26 bits per heavy atom. The van der Waals surface area contributed by atoms with E-state index in [1.54, 1.807) is 10.4 Å². The van der Waals surface area contributed by atoms with Crippen LogP contribution < -0.4 is 5.32 Å². The van der Waals surface area contributed by atoms with E-state index in [9.17, 15) is 13.2 Å². The van der Waals surface area contributed by atoms with Gasteiger partial charge in [0, 0.05) is 45.5 Å². The lowest BCUT2D eigenvalue weighted by Gasteiger charge is -2.34. The van der Waals surface area contributed by atoms with E-state index >= 15 is 0 Å². The van der Waals surface area contributed by atoms with Gasteiger partial charge in [-0.05, 0) is 12.5 Å². The Balaban J connectivity index is 1.41. The molecule has 3 heterocycles.